The Labute approximate surface area is 154 Å². The predicted octanol–water partition coefficient (Wildman–Crippen LogP) is 4.75. The third kappa shape index (κ3) is 6.48. The van der Waals surface area contributed by atoms with Gasteiger partial charge < -0.3 is 14.5 Å². The summed E-state index contributed by atoms with van der Waals surface area (Å²) >= 11 is 0. The first-order valence-electron chi connectivity index (χ1n) is 9.16. The van der Waals surface area contributed by atoms with E-state index in [1.165, 1.54) is 0 Å². The highest BCUT2D eigenvalue weighted by molar-refractivity contribution is 6.74. The molecule has 0 aliphatic heterocycles. The Morgan fingerprint density at radius 1 is 1.24 bits per heavy atom. The average Bonchev–Trinajstić information content (AvgIpc) is 2.46. The number of benzene rings is 1. The van der Waals surface area contributed by atoms with E-state index < -0.39 is 8.32 Å². The van der Waals surface area contributed by atoms with Gasteiger partial charge in [-0.25, -0.2) is 0 Å². The van der Waals surface area contributed by atoms with Crippen LogP contribution in [0.4, 0.5) is 0 Å². The van der Waals surface area contributed by atoms with E-state index in [0.29, 0.717) is 13.2 Å². The molecule has 1 aromatic carbocycles. The largest absolute Gasteiger partial charge is 0.543 e. The van der Waals surface area contributed by atoms with Gasteiger partial charge in [0.05, 0.1) is 6.61 Å². The number of esters is 1. The smallest absolute Gasteiger partial charge is 0.323 e. The summed E-state index contributed by atoms with van der Waals surface area (Å²) in [5.41, 5.74) is 1.10. The van der Waals surface area contributed by atoms with Crippen molar-refractivity contribution in [3.05, 3.63) is 29.8 Å². The van der Waals surface area contributed by atoms with E-state index >= 15 is 0 Å². The van der Waals surface area contributed by atoms with Crippen LogP contribution in [0.5, 0.6) is 5.75 Å². The van der Waals surface area contributed by atoms with Crippen molar-refractivity contribution in [1.82, 2.24) is 5.32 Å². The van der Waals surface area contributed by atoms with E-state index in [0.717, 1.165) is 11.3 Å². The number of nitrogens with one attached hydrogen (secondary N) is 1. The normalized spacial score (nSPS) is 13.6. The molecule has 1 atom stereocenters. The third-order valence-corrected chi connectivity index (χ3v) is 9.17. The van der Waals surface area contributed by atoms with Crippen molar-refractivity contribution in [1.29, 1.82) is 0 Å². The van der Waals surface area contributed by atoms with Gasteiger partial charge in [-0.15, -0.1) is 0 Å². The highest BCUT2D eigenvalue weighted by Crippen LogP contribution is 2.37. The minimum atomic E-state index is -1.85. The number of ether oxygens (including phenoxy) is 1. The fourth-order valence-electron chi connectivity index (χ4n) is 2.22. The summed E-state index contributed by atoms with van der Waals surface area (Å²) in [6.07, 6.45) is 0. The topological polar surface area (TPSA) is 47.6 Å². The van der Waals surface area contributed by atoms with Gasteiger partial charge in [-0.3, -0.25) is 4.79 Å². The van der Waals surface area contributed by atoms with Crippen LogP contribution in [0.25, 0.3) is 0 Å². The summed E-state index contributed by atoms with van der Waals surface area (Å²) < 4.78 is 11.5. The Morgan fingerprint density at radius 2 is 1.88 bits per heavy atom. The van der Waals surface area contributed by atoms with Crippen molar-refractivity contribution < 1.29 is 14.0 Å². The minimum absolute atomic E-state index is 0.161. The summed E-state index contributed by atoms with van der Waals surface area (Å²) in [4.78, 5) is 12.1. The SMILES string of the molecule is CCOC(=O)[C@@H](NCc1cccc(O[Si](C)(C)C(C)(C)C)c1)C(C)C. The third-order valence-electron chi connectivity index (χ3n) is 4.81. The van der Waals surface area contributed by atoms with E-state index in [9.17, 15) is 4.79 Å². The highest BCUT2D eigenvalue weighted by Gasteiger charge is 2.38. The molecule has 0 heterocycles. The van der Waals surface area contributed by atoms with Crippen molar-refractivity contribution in [2.24, 2.45) is 5.92 Å². The molecule has 0 bridgehead atoms. The Hall–Kier alpha value is -1.33. The quantitative estimate of drug-likeness (QED) is 0.533. The van der Waals surface area contributed by atoms with E-state index in [-0.39, 0.29) is 23.0 Å². The van der Waals surface area contributed by atoms with Crippen molar-refractivity contribution in [2.75, 3.05) is 6.61 Å². The molecule has 5 heteroatoms. The molecule has 25 heavy (non-hydrogen) atoms. The Morgan fingerprint density at radius 3 is 2.40 bits per heavy atom. The predicted molar refractivity (Wildman–Crippen MR) is 106 cm³/mol. The molecule has 0 aliphatic rings. The Kier molecular flexibility index (Phi) is 7.69. The molecular formula is C20H35NO3Si. The first-order valence-corrected chi connectivity index (χ1v) is 12.1. The van der Waals surface area contributed by atoms with Gasteiger partial charge in [0.15, 0.2) is 0 Å². The molecular weight excluding hydrogens is 330 g/mol. The maximum atomic E-state index is 12.1. The van der Waals surface area contributed by atoms with Crippen LogP contribution >= 0.6 is 0 Å². The fourth-order valence-corrected chi connectivity index (χ4v) is 3.24. The Bertz CT molecular complexity index is 564. The zero-order valence-corrected chi connectivity index (χ0v) is 18.1. The molecule has 0 radical (unpaired) electrons. The first kappa shape index (κ1) is 21.7. The average molecular weight is 366 g/mol. The molecule has 0 spiro atoms. The molecule has 1 aromatic rings. The first-order chi connectivity index (χ1) is 11.5. The Balaban J connectivity index is 2.80. The van der Waals surface area contributed by atoms with Crippen LogP contribution in [0.15, 0.2) is 24.3 Å². The minimum Gasteiger partial charge on any atom is -0.543 e. The zero-order chi connectivity index (χ0) is 19.3. The molecule has 4 nitrogen and oxygen atoms in total. The lowest BCUT2D eigenvalue weighted by Crippen LogP contribution is -2.44. The van der Waals surface area contributed by atoms with Crippen LogP contribution in [-0.4, -0.2) is 26.9 Å². The lowest BCUT2D eigenvalue weighted by atomic mass is 10.0. The molecule has 0 amide bonds. The maximum Gasteiger partial charge on any atom is 0.323 e. The van der Waals surface area contributed by atoms with Gasteiger partial charge in [-0.05, 0) is 48.7 Å². The summed E-state index contributed by atoms with van der Waals surface area (Å²) in [5, 5.41) is 3.48. The van der Waals surface area contributed by atoms with Crippen LogP contribution in [0.3, 0.4) is 0 Å². The summed E-state index contributed by atoms with van der Waals surface area (Å²) in [6.45, 7) is 18.1. The zero-order valence-electron chi connectivity index (χ0n) is 17.1. The van der Waals surface area contributed by atoms with E-state index in [1.807, 2.05) is 39.0 Å². The standard InChI is InChI=1S/C20H35NO3Si/c1-9-23-19(22)18(15(2)3)21-14-16-11-10-12-17(13-16)24-25(7,8)20(4,5)6/h10-13,15,18,21H,9,14H2,1-8H3/t18-/m0/s1. The monoisotopic (exact) mass is 365 g/mol. The molecule has 0 unspecified atom stereocenters. The fraction of sp³-hybridized carbons (Fsp3) is 0.650. The highest BCUT2D eigenvalue weighted by atomic mass is 28.4. The van der Waals surface area contributed by atoms with Crippen molar-refractivity contribution in [3.8, 4) is 5.75 Å². The second-order valence-corrected chi connectivity index (χ2v) is 13.1. The molecule has 0 saturated heterocycles. The van der Waals surface area contributed by atoms with Gasteiger partial charge in [0, 0.05) is 6.54 Å². The summed E-state index contributed by atoms with van der Waals surface area (Å²) in [6, 6.07) is 7.83. The number of rotatable bonds is 8. The van der Waals surface area contributed by atoms with Gasteiger partial charge in [-0.2, -0.15) is 0 Å². The van der Waals surface area contributed by atoms with Crippen LogP contribution in [0, 0.1) is 5.92 Å². The van der Waals surface area contributed by atoms with Gasteiger partial charge in [-0.1, -0.05) is 46.8 Å². The summed E-state index contributed by atoms with van der Waals surface area (Å²) in [5.74, 6) is 0.889. The molecule has 1 rings (SSSR count). The van der Waals surface area contributed by atoms with E-state index in [1.54, 1.807) is 0 Å². The van der Waals surface area contributed by atoms with Crippen molar-refractivity contribution >= 4 is 14.3 Å². The van der Waals surface area contributed by atoms with Crippen LogP contribution in [0.1, 0.15) is 47.1 Å². The molecule has 0 saturated carbocycles. The van der Waals surface area contributed by atoms with Gasteiger partial charge in [0.25, 0.3) is 0 Å². The lowest BCUT2D eigenvalue weighted by Gasteiger charge is -2.36. The van der Waals surface area contributed by atoms with E-state index in [4.69, 9.17) is 9.16 Å². The molecule has 0 aliphatic carbocycles. The number of carbonyl (C=O) groups excluding carboxylic acids is 1. The lowest BCUT2D eigenvalue weighted by molar-refractivity contribution is -0.146. The van der Waals surface area contributed by atoms with E-state index in [2.05, 4.69) is 45.2 Å². The van der Waals surface area contributed by atoms with Crippen molar-refractivity contribution in [2.45, 2.75) is 72.3 Å². The second kappa shape index (κ2) is 8.85. The van der Waals surface area contributed by atoms with Gasteiger partial charge >= 0.3 is 5.97 Å². The molecule has 0 aromatic heterocycles. The number of hydrogen-bond acceptors (Lipinski definition) is 4. The molecule has 0 fully saturated rings. The molecule has 1 N–H and O–H groups in total. The maximum absolute atomic E-state index is 12.1. The second-order valence-electron chi connectivity index (χ2n) is 8.36. The number of carbonyl (C=O) groups is 1. The van der Waals surface area contributed by atoms with Gasteiger partial charge in [0.1, 0.15) is 11.8 Å². The van der Waals surface area contributed by atoms with Gasteiger partial charge in [0.2, 0.25) is 8.32 Å². The van der Waals surface area contributed by atoms with Crippen LogP contribution < -0.4 is 9.74 Å². The van der Waals surface area contributed by atoms with Crippen LogP contribution in [0.2, 0.25) is 18.1 Å². The van der Waals surface area contributed by atoms with Crippen molar-refractivity contribution in [3.63, 3.8) is 0 Å². The molecule has 142 valence electrons. The summed E-state index contributed by atoms with van der Waals surface area (Å²) in [7, 11) is -1.85. The number of hydrogen-bond donors (Lipinski definition) is 1. The van der Waals surface area contributed by atoms with Crippen LogP contribution in [-0.2, 0) is 16.1 Å².